The number of pyridine rings is 1. The minimum Gasteiger partial charge on any atom is -0.381 e. The van der Waals surface area contributed by atoms with E-state index in [1.54, 1.807) is 6.20 Å². The Morgan fingerprint density at radius 1 is 1.21 bits per heavy atom. The second-order valence-electron chi connectivity index (χ2n) is 9.66. The van der Waals surface area contributed by atoms with Crippen molar-refractivity contribution < 1.29 is 19.0 Å². The number of carbonyl (C=O) groups excluding carboxylic acids is 1. The number of fused-ring (bicyclic) bond motifs is 2. The Kier molecular flexibility index (Phi) is 6.36. The predicted octanol–water partition coefficient (Wildman–Crippen LogP) is 4.39. The van der Waals surface area contributed by atoms with E-state index in [4.69, 9.17) is 14.2 Å². The van der Waals surface area contributed by atoms with Crippen LogP contribution in [-0.4, -0.2) is 49.0 Å². The maximum Gasteiger partial charge on any atom is 0.256 e. The molecule has 176 valence electrons. The smallest absolute Gasteiger partial charge is 0.256 e. The zero-order chi connectivity index (χ0) is 22.9. The Labute approximate surface area is 195 Å². The average Bonchev–Trinajstić information content (AvgIpc) is 3.16. The van der Waals surface area contributed by atoms with E-state index in [1.807, 2.05) is 30.9 Å². The number of hydrogen-bond donors (Lipinski definition) is 1. The Hall–Kier alpha value is -2.48. The second-order valence-corrected chi connectivity index (χ2v) is 9.66. The van der Waals surface area contributed by atoms with Gasteiger partial charge in [0.2, 0.25) is 0 Å². The lowest BCUT2D eigenvalue weighted by atomic mass is 9.89. The van der Waals surface area contributed by atoms with Crippen molar-refractivity contribution in [1.82, 2.24) is 4.98 Å². The molecule has 2 saturated heterocycles. The number of rotatable bonds is 4. The first-order valence-electron chi connectivity index (χ1n) is 12.0. The number of carbonyl (C=O) groups is 1. The molecule has 2 fully saturated rings. The fourth-order valence-electron chi connectivity index (χ4n) is 5.04. The minimum absolute atomic E-state index is 0.00868. The highest BCUT2D eigenvalue weighted by atomic mass is 16.5. The van der Waals surface area contributed by atoms with Crippen molar-refractivity contribution in [3.63, 3.8) is 0 Å². The molecule has 1 aromatic heterocycles. The van der Waals surface area contributed by atoms with Crippen molar-refractivity contribution in [2.24, 2.45) is 5.92 Å². The van der Waals surface area contributed by atoms with Gasteiger partial charge in [-0.25, -0.2) is 4.98 Å². The molecule has 0 bridgehead atoms. The van der Waals surface area contributed by atoms with Crippen LogP contribution in [0, 0.1) is 5.92 Å². The maximum atomic E-state index is 13.8. The number of aromatic nitrogens is 1. The Bertz CT molecular complexity index is 1000. The molecule has 0 saturated carbocycles. The van der Waals surface area contributed by atoms with Crippen molar-refractivity contribution in [2.45, 2.75) is 64.4 Å². The van der Waals surface area contributed by atoms with Gasteiger partial charge >= 0.3 is 0 Å². The lowest BCUT2D eigenvalue weighted by molar-refractivity contribution is -0.143. The van der Waals surface area contributed by atoms with Gasteiger partial charge in [0.25, 0.3) is 5.91 Å². The third kappa shape index (κ3) is 4.63. The molecule has 7 heteroatoms. The van der Waals surface area contributed by atoms with Crippen LogP contribution in [0.4, 0.5) is 17.2 Å². The van der Waals surface area contributed by atoms with Crippen molar-refractivity contribution in [3.8, 4) is 0 Å². The first-order chi connectivity index (χ1) is 16.0. The maximum absolute atomic E-state index is 13.8. The quantitative estimate of drug-likeness (QED) is 0.743. The fraction of sp³-hybridized carbons (Fsp3) is 0.538. The standard InChI is InChI=1S/C26H33N3O4/c1-16(2)33-20-7-9-24(32-14-20)26(30)29-12-19-5-4-10-27-25(19)28-22-8-6-18(11-23(22)29)21-15-31-13-17(21)3/h4-6,8,10-11,16-17,20-21,24H,7,9,12-15H2,1-3H3,(H,27,28)/t17-,20+,21-,24-/m1/s1. The van der Waals surface area contributed by atoms with Gasteiger partial charge in [-0.2, -0.15) is 0 Å². The molecule has 2 aromatic rings. The first kappa shape index (κ1) is 22.3. The van der Waals surface area contributed by atoms with Crippen LogP contribution in [0.1, 0.15) is 50.7 Å². The van der Waals surface area contributed by atoms with E-state index in [-0.39, 0.29) is 18.1 Å². The number of nitrogens with one attached hydrogen (secondary N) is 1. The summed E-state index contributed by atoms with van der Waals surface area (Å²) < 4.78 is 17.6. The van der Waals surface area contributed by atoms with Crippen LogP contribution in [-0.2, 0) is 25.5 Å². The molecule has 4 heterocycles. The molecule has 5 rings (SSSR count). The fourth-order valence-corrected chi connectivity index (χ4v) is 5.04. The van der Waals surface area contributed by atoms with Gasteiger partial charge in [-0.15, -0.1) is 0 Å². The van der Waals surface area contributed by atoms with Gasteiger partial charge in [0.05, 0.1) is 43.3 Å². The van der Waals surface area contributed by atoms with Crippen LogP contribution in [0.2, 0.25) is 0 Å². The summed E-state index contributed by atoms with van der Waals surface area (Å²) in [7, 11) is 0. The zero-order valence-corrected chi connectivity index (χ0v) is 19.6. The van der Waals surface area contributed by atoms with Crippen LogP contribution in [0.25, 0.3) is 0 Å². The van der Waals surface area contributed by atoms with E-state index in [1.165, 1.54) is 5.56 Å². The largest absolute Gasteiger partial charge is 0.381 e. The molecule has 4 atom stereocenters. The molecule has 3 aliphatic heterocycles. The monoisotopic (exact) mass is 451 g/mol. The van der Waals surface area contributed by atoms with E-state index in [0.29, 0.717) is 38.0 Å². The predicted molar refractivity (Wildman–Crippen MR) is 127 cm³/mol. The average molecular weight is 452 g/mol. The highest BCUT2D eigenvalue weighted by molar-refractivity contribution is 6.01. The van der Waals surface area contributed by atoms with E-state index in [0.717, 1.165) is 35.8 Å². The molecule has 33 heavy (non-hydrogen) atoms. The van der Waals surface area contributed by atoms with E-state index in [9.17, 15) is 4.79 Å². The molecule has 3 aliphatic rings. The lowest BCUT2D eigenvalue weighted by Crippen LogP contribution is -2.44. The molecule has 1 amide bonds. The van der Waals surface area contributed by atoms with E-state index < -0.39 is 6.10 Å². The van der Waals surface area contributed by atoms with Gasteiger partial charge in [0.1, 0.15) is 11.9 Å². The molecule has 0 spiro atoms. The summed E-state index contributed by atoms with van der Waals surface area (Å²) >= 11 is 0. The number of hydrogen-bond acceptors (Lipinski definition) is 6. The van der Waals surface area contributed by atoms with Crippen molar-refractivity contribution in [2.75, 3.05) is 30.0 Å². The molecule has 1 aromatic carbocycles. The summed E-state index contributed by atoms with van der Waals surface area (Å²) in [5.74, 6) is 1.56. The van der Waals surface area contributed by atoms with Gasteiger partial charge in [-0.3, -0.25) is 4.79 Å². The molecule has 0 unspecified atom stereocenters. The molecule has 0 aliphatic carbocycles. The van der Waals surface area contributed by atoms with Gasteiger partial charge in [0.15, 0.2) is 0 Å². The summed E-state index contributed by atoms with van der Waals surface area (Å²) in [5.41, 5.74) is 3.94. The number of nitrogens with zero attached hydrogens (tertiary/aromatic N) is 2. The minimum atomic E-state index is -0.472. The Balaban J connectivity index is 1.45. The highest BCUT2D eigenvalue weighted by Gasteiger charge is 2.35. The Morgan fingerprint density at radius 2 is 2.09 bits per heavy atom. The lowest BCUT2D eigenvalue weighted by Gasteiger charge is -2.33. The van der Waals surface area contributed by atoms with E-state index >= 15 is 0 Å². The summed E-state index contributed by atoms with van der Waals surface area (Å²) in [6.07, 6.45) is 2.98. The normalized spacial score (nSPS) is 27.0. The molecular weight excluding hydrogens is 418 g/mol. The second kappa shape index (κ2) is 9.41. The van der Waals surface area contributed by atoms with Gasteiger partial charge in [-0.05, 0) is 56.4 Å². The SMILES string of the molecule is CC(C)O[C@H]1CC[C@H](C(=O)N2Cc3cccnc3Nc3ccc([C@@H]4COC[C@H]4C)cc32)OC1. The topological polar surface area (TPSA) is 72.9 Å². The number of ether oxygens (including phenoxy) is 3. The zero-order valence-electron chi connectivity index (χ0n) is 19.6. The summed E-state index contributed by atoms with van der Waals surface area (Å²) in [6.45, 7) is 8.65. The first-order valence-corrected chi connectivity index (χ1v) is 12.0. The number of benzene rings is 1. The summed E-state index contributed by atoms with van der Waals surface area (Å²) in [4.78, 5) is 20.2. The van der Waals surface area contributed by atoms with Crippen LogP contribution >= 0.6 is 0 Å². The number of amides is 1. The van der Waals surface area contributed by atoms with Crippen molar-refractivity contribution in [1.29, 1.82) is 0 Å². The van der Waals surface area contributed by atoms with Gasteiger partial charge in [-0.1, -0.05) is 19.1 Å². The van der Waals surface area contributed by atoms with Crippen molar-refractivity contribution >= 4 is 23.1 Å². The Morgan fingerprint density at radius 3 is 2.82 bits per heavy atom. The van der Waals surface area contributed by atoms with Crippen LogP contribution in [0.5, 0.6) is 0 Å². The van der Waals surface area contributed by atoms with Crippen molar-refractivity contribution in [3.05, 3.63) is 47.7 Å². The van der Waals surface area contributed by atoms with Crippen LogP contribution in [0.15, 0.2) is 36.5 Å². The van der Waals surface area contributed by atoms with Crippen LogP contribution < -0.4 is 10.2 Å². The molecule has 1 N–H and O–H groups in total. The summed E-state index contributed by atoms with van der Waals surface area (Å²) in [5, 5.41) is 3.45. The molecule has 0 radical (unpaired) electrons. The third-order valence-electron chi connectivity index (χ3n) is 6.82. The van der Waals surface area contributed by atoms with Crippen LogP contribution in [0.3, 0.4) is 0 Å². The third-order valence-corrected chi connectivity index (χ3v) is 6.82. The molecule has 7 nitrogen and oxygen atoms in total. The molecular formula is C26H33N3O4. The van der Waals surface area contributed by atoms with Gasteiger partial charge in [0, 0.05) is 24.3 Å². The number of anilines is 3. The summed E-state index contributed by atoms with van der Waals surface area (Å²) in [6, 6.07) is 10.3. The highest BCUT2D eigenvalue weighted by Crippen LogP contribution is 2.40. The van der Waals surface area contributed by atoms with E-state index in [2.05, 4.69) is 35.4 Å². The van der Waals surface area contributed by atoms with Gasteiger partial charge < -0.3 is 24.4 Å².